The number of phosphoric ester groups is 1. The fourth-order valence-corrected chi connectivity index (χ4v) is 4.77. The first kappa shape index (κ1) is 23.9. The first-order chi connectivity index (χ1) is 9.60. The van der Waals surface area contributed by atoms with Gasteiger partial charge in [-0.1, -0.05) is 90.4 Å². The van der Waals surface area contributed by atoms with Crippen LogP contribution in [0.3, 0.4) is 0 Å². The van der Waals surface area contributed by atoms with E-state index in [2.05, 4.69) is 0 Å². The molecule has 0 heterocycles. The minimum atomic E-state index is -4.73. The van der Waals surface area contributed by atoms with Gasteiger partial charge in [-0.05, 0) is 26.2 Å². The number of hydrogen-bond acceptors (Lipinski definition) is 3. The molecular weight excluding hydrogens is 440 g/mol. The predicted molar refractivity (Wildman–Crippen MR) is 94.6 cm³/mol. The van der Waals surface area contributed by atoms with Gasteiger partial charge in [0.2, 0.25) is 8.85 Å². The Kier molecular flexibility index (Phi) is 8.71. The Morgan fingerprint density at radius 1 is 0.909 bits per heavy atom. The zero-order valence-electron chi connectivity index (χ0n) is 12.5. The van der Waals surface area contributed by atoms with Crippen molar-refractivity contribution in [2.24, 2.45) is 0 Å². The van der Waals surface area contributed by atoms with Gasteiger partial charge in [0.05, 0.1) is 5.60 Å². The standard InChI is InChI=1S/C11H19Cl6O4P/c1-5-8(4,6-2)20-22(18,19)21-10(14,11(15,16)17)9(12,13)7-3/h5-7H2,1-4H3,(H,18,19). The summed E-state index contributed by atoms with van der Waals surface area (Å²) in [7, 11) is -4.73. The van der Waals surface area contributed by atoms with Gasteiger partial charge in [0.1, 0.15) is 0 Å². The van der Waals surface area contributed by atoms with Crippen LogP contribution < -0.4 is 0 Å². The van der Waals surface area contributed by atoms with Crippen LogP contribution in [0.25, 0.3) is 0 Å². The summed E-state index contributed by atoms with van der Waals surface area (Å²) in [5, 5.41) is -2.50. The Balaban J connectivity index is 5.65. The second-order valence-electron chi connectivity index (χ2n) is 4.96. The number of halogens is 6. The summed E-state index contributed by atoms with van der Waals surface area (Å²) in [5.41, 5.74) is -0.927. The predicted octanol–water partition coefficient (Wildman–Crippen LogP) is 6.59. The van der Waals surface area contributed by atoms with E-state index in [1.807, 2.05) is 0 Å². The molecule has 0 aromatic carbocycles. The monoisotopic (exact) mass is 456 g/mol. The molecule has 22 heavy (non-hydrogen) atoms. The highest BCUT2D eigenvalue weighted by molar-refractivity contribution is 7.47. The largest absolute Gasteiger partial charge is 0.474 e. The Hall–Kier alpha value is 1.85. The lowest BCUT2D eigenvalue weighted by Gasteiger charge is -2.42. The lowest BCUT2D eigenvalue weighted by atomic mass is 10.0. The molecule has 0 rings (SSSR count). The van der Waals surface area contributed by atoms with Crippen LogP contribution in [0.1, 0.15) is 47.0 Å². The molecule has 4 nitrogen and oxygen atoms in total. The van der Waals surface area contributed by atoms with Crippen LogP contribution >= 0.6 is 77.4 Å². The molecule has 0 aliphatic heterocycles. The highest BCUT2D eigenvalue weighted by Gasteiger charge is 2.64. The Labute approximate surface area is 161 Å². The third-order valence-corrected chi connectivity index (χ3v) is 7.67. The van der Waals surface area contributed by atoms with Crippen LogP contribution in [-0.2, 0) is 13.6 Å². The molecule has 1 N–H and O–H groups in total. The summed E-state index contributed by atoms with van der Waals surface area (Å²) in [6.45, 7) is 6.75. The highest BCUT2D eigenvalue weighted by atomic mass is 35.6. The van der Waals surface area contributed by atoms with Crippen molar-refractivity contribution in [2.75, 3.05) is 0 Å². The van der Waals surface area contributed by atoms with Crippen LogP contribution in [0.15, 0.2) is 0 Å². The molecule has 0 spiro atoms. The molecule has 0 saturated carbocycles. The van der Waals surface area contributed by atoms with E-state index >= 15 is 0 Å². The molecule has 0 aliphatic carbocycles. The average molecular weight is 459 g/mol. The molecule has 0 bridgehead atoms. The number of rotatable bonds is 8. The highest BCUT2D eigenvalue weighted by Crippen LogP contribution is 2.63. The van der Waals surface area contributed by atoms with Crippen molar-refractivity contribution in [3.63, 3.8) is 0 Å². The van der Waals surface area contributed by atoms with Crippen molar-refractivity contribution >= 4 is 77.4 Å². The Morgan fingerprint density at radius 3 is 1.59 bits per heavy atom. The number of alkyl halides is 6. The normalized spacial score (nSPS) is 19.6. The van der Waals surface area contributed by atoms with Gasteiger partial charge in [0.15, 0.2) is 4.33 Å². The van der Waals surface area contributed by atoms with Gasteiger partial charge in [0.25, 0.3) is 0 Å². The minimum absolute atomic E-state index is 0.0215. The van der Waals surface area contributed by atoms with Crippen molar-refractivity contribution in [2.45, 2.75) is 65.7 Å². The van der Waals surface area contributed by atoms with Crippen molar-refractivity contribution in [3.05, 3.63) is 0 Å². The molecule has 0 saturated heterocycles. The van der Waals surface area contributed by atoms with Crippen molar-refractivity contribution in [1.29, 1.82) is 0 Å². The van der Waals surface area contributed by atoms with Gasteiger partial charge in [0, 0.05) is 0 Å². The lowest BCUT2D eigenvalue weighted by Crippen LogP contribution is -2.53. The maximum atomic E-state index is 12.3. The second-order valence-corrected chi connectivity index (χ2v) is 10.6. The van der Waals surface area contributed by atoms with E-state index in [0.29, 0.717) is 12.8 Å². The quantitative estimate of drug-likeness (QED) is 0.329. The van der Waals surface area contributed by atoms with E-state index in [1.54, 1.807) is 27.7 Å². The molecule has 2 unspecified atom stereocenters. The van der Waals surface area contributed by atoms with E-state index in [-0.39, 0.29) is 6.42 Å². The fraction of sp³-hybridized carbons (Fsp3) is 1.00. The Morgan fingerprint density at radius 2 is 1.32 bits per heavy atom. The third-order valence-electron chi connectivity index (χ3n) is 3.35. The fourth-order valence-electron chi connectivity index (χ4n) is 1.39. The van der Waals surface area contributed by atoms with Gasteiger partial charge < -0.3 is 4.89 Å². The molecule has 0 radical (unpaired) electrons. The molecule has 0 aliphatic rings. The van der Waals surface area contributed by atoms with Crippen LogP contribution in [0.4, 0.5) is 0 Å². The zero-order valence-corrected chi connectivity index (χ0v) is 17.9. The third kappa shape index (κ3) is 5.69. The topological polar surface area (TPSA) is 55.8 Å². The van der Waals surface area contributed by atoms with E-state index in [9.17, 15) is 9.46 Å². The first-order valence-corrected chi connectivity index (χ1v) is 10.2. The molecule has 11 heteroatoms. The maximum Gasteiger partial charge on any atom is 0.474 e. The summed E-state index contributed by atoms with van der Waals surface area (Å²) < 4.78 is 18.1. The maximum absolute atomic E-state index is 12.3. The average Bonchev–Trinajstić information content (AvgIpc) is 2.35. The summed E-state index contributed by atoms with van der Waals surface area (Å²) in [5.74, 6) is 0. The van der Waals surface area contributed by atoms with Crippen molar-refractivity contribution in [3.8, 4) is 0 Å². The summed E-state index contributed by atoms with van der Waals surface area (Å²) in [4.78, 5) is 10.0. The smallest absolute Gasteiger partial charge is 0.302 e. The van der Waals surface area contributed by atoms with E-state index in [0.717, 1.165) is 0 Å². The molecule has 0 aromatic rings. The second kappa shape index (κ2) is 8.03. The lowest BCUT2D eigenvalue weighted by molar-refractivity contribution is 0.00238. The SMILES string of the molecule is CCC(C)(CC)OP(=O)(O)OC(Cl)(C(Cl)(Cl)Cl)C(Cl)(Cl)CC. The molecule has 2 atom stereocenters. The molecule has 134 valence electrons. The van der Waals surface area contributed by atoms with Gasteiger partial charge in [-0.15, -0.1) is 0 Å². The molecule has 0 amide bonds. The molecular formula is C11H19Cl6O4P. The summed E-state index contributed by atoms with van der Waals surface area (Å²) >= 11 is 35.5. The van der Waals surface area contributed by atoms with Crippen LogP contribution in [-0.4, -0.2) is 23.7 Å². The van der Waals surface area contributed by atoms with Crippen molar-refractivity contribution in [1.82, 2.24) is 0 Å². The number of hydrogen-bond donors (Lipinski definition) is 1. The molecule has 0 fully saturated rings. The zero-order chi connectivity index (χ0) is 18.0. The summed E-state index contributed by atoms with van der Waals surface area (Å²) in [6.07, 6.45) is 0.870. The van der Waals surface area contributed by atoms with Gasteiger partial charge in [-0.3, -0.25) is 9.05 Å². The van der Waals surface area contributed by atoms with Gasteiger partial charge in [-0.2, -0.15) is 0 Å². The molecule has 0 aromatic heterocycles. The van der Waals surface area contributed by atoms with Crippen molar-refractivity contribution < 1.29 is 18.5 Å². The van der Waals surface area contributed by atoms with E-state index in [4.69, 9.17) is 78.7 Å². The number of phosphoric acid groups is 1. The van der Waals surface area contributed by atoms with E-state index < -0.39 is 26.6 Å². The summed E-state index contributed by atoms with van der Waals surface area (Å²) in [6, 6.07) is 0. The van der Waals surface area contributed by atoms with Crippen LogP contribution in [0, 0.1) is 0 Å². The minimum Gasteiger partial charge on any atom is -0.302 e. The van der Waals surface area contributed by atoms with E-state index in [1.165, 1.54) is 0 Å². The van der Waals surface area contributed by atoms with Crippen LogP contribution in [0.5, 0.6) is 0 Å². The van der Waals surface area contributed by atoms with Gasteiger partial charge >= 0.3 is 7.82 Å². The van der Waals surface area contributed by atoms with Crippen LogP contribution in [0.2, 0.25) is 0 Å². The van der Waals surface area contributed by atoms with Gasteiger partial charge in [-0.25, -0.2) is 4.57 Å². The first-order valence-electron chi connectivity index (χ1n) is 6.47. The Bertz CT molecular complexity index is 423.